The Kier molecular flexibility index (Phi) is 69.1. The quantitative estimate of drug-likeness (QED) is 0.0420. The molecule has 0 heterocycles. The molecule has 1 amide bonds. The van der Waals surface area contributed by atoms with Crippen LogP contribution < -0.4 is 5.32 Å². The minimum atomic E-state index is -0.872. The molecular weight excluding hydrogens is 963 g/mol. The van der Waals surface area contributed by atoms with E-state index in [1.165, 1.54) is 347 Å². The third-order valence-electron chi connectivity index (χ3n) is 17.0. The summed E-state index contributed by atoms with van der Waals surface area (Å²) in [5, 5.41) is 23.3. The van der Waals surface area contributed by atoms with Crippen molar-refractivity contribution in [3.63, 3.8) is 0 Å². The first-order chi connectivity index (χ1) is 39.2. The molecule has 2 atom stereocenters. The number of aliphatic hydroxyl groups is 2. The molecule has 0 saturated carbocycles. The minimum Gasteiger partial charge on any atom is -0.394 e. The molecule has 0 aromatic heterocycles. The Morgan fingerprint density at radius 1 is 0.291 bits per heavy atom. The molecule has 0 fully saturated rings. The number of aliphatic hydroxyl groups excluding tert-OH is 2. The first-order valence-corrected chi connectivity index (χ1v) is 36.4. The van der Waals surface area contributed by atoms with E-state index in [4.69, 9.17) is 0 Å². The van der Waals surface area contributed by atoms with Crippen molar-refractivity contribution in [2.24, 2.45) is 0 Å². The zero-order valence-electron chi connectivity index (χ0n) is 53.9. The lowest BCUT2D eigenvalue weighted by molar-refractivity contribution is -0.123. The molecule has 0 rings (SSSR count). The zero-order valence-corrected chi connectivity index (χ0v) is 53.9. The first kappa shape index (κ1) is 77.3. The van der Waals surface area contributed by atoms with Gasteiger partial charge in [-0.25, -0.2) is 0 Å². The summed E-state index contributed by atoms with van der Waals surface area (Å²) in [5.41, 5.74) is 0. The van der Waals surface area contributed by atoms with Crippen molar-refractivity contribution in [1.29, 1.82) is 0 Å². The van der Waals surface area contributed by atoms with Crippen LogP contribution in [-0.4, -0.2) is 34.9 Å². The minimum absolute atomic E-state index is 0.0701. The van der Waals surface area contributed by atoms with Crippen molar-refractivity contribution in [2.45, 2.75) is 418 Å². The summed E-state index contributed by atoms with van der Waals surface area (Å²) in [4.78, 5) is 12.5. The highest BCUT2D eigenvalue weighted by Crippen LogP contribution is 2.19. The van der Waals surface area contributed by atoms with Crippen LogP contribution in [0.15, 0.2) is 48.6 Å². The van der Waals surface area contributed by atoms with Gasteiger partial charge in [0.1, 0.15) is 0 Å². The van der Waals surface area contributed by atoms with Gasteiger partial charge in [-0.2, -0.15) is 0 Å². The summed E-state index contributed by atoms with van der Waals surface area (Å²) in [7, 11) is 0. The van der Waals surface area contributed by atoms with Crippen molar-refractivity contribution in [3.8, 4) is 0 Å². The average molecular weight is 1110 g/mol. The van der Waals surface area contributed by atoms with E-state index in [-0.39, 0.29) is 12.5 Å². The topological polar surface area (TPSA) is 69.6 Å². The Bertz CT molecular complexity index is 1250. The summed E-state index contributed by atoms with van der Waals surface area (Å²) in [6.07, 6.45) is 99.4. The van der Waals surface area contributed by atoms with Crippen molar-refractivity contribution >= 4 is 5.91 Å². The molecule has 0 aliphatic heterocycles. The molecule has 0 aliphatic carbocycles. The van der Waals surface area contributed by atoms with Crippen molar-refractivity contribution < 1.29 is 15.0 Å². The van der Waals surface area contributed by atoms with Gasteiger partial charge < -0.3 is 15.5 Å². The maximum Gasteiger partial charge on any atom is 0.220 e. The number of amides is 1. The number of nitrogens with one attached hydrogen (secondary N) is 1. The lowest BCUT2D eigenvalue weighted by Crippen LogP contribution is -2.45. The van der Waals surface area contributed by atoms with Crippen LogP contribution in [0.1, 0.15) is 406 Å². The number of carbonyl (C=O) groups is 1. The van der Waals surface area contributed by atoms with Gasteiger partial charge in [0.2, 0.25) is 5.91 Å². The highest BCUT2D eigenvalue weighted by atomic mass is 16.3. The molecule has 4 nitrogen and oxygen atoms in total. The number of rotatable bonds is 68. The van der Waals surface area contributed by atoms with E-state index in [0.717, 1.165) is 38.5 Å². The third kappa shape index (κ3) is 67.0. The fourth-order valence-corrected chi connectivity index (χ4v) is 11.5. The van der Waals surface area contributed by atoms with Gasteiger partial charge in [0.05, 0.1) is 18.8 Å². The van der Waals surface area contributed by atoms with E-state index >= 15 is 0 Å². The predicted octanol–water partition coefficient (Wildman–Crippen LogP) is 24.9. The number of hydrogen-bond acceptors (Lipinski definition) is 3. The Hall–Kier alpha value is -1.65. The monoisotopic (exact) mass is 1110 g/mol. The Morgan fingerprint density at radius 3 is 0.734 bits per heavy atom. The normalized spacial score (nSPS) is 12.9. The molecule has 79 heavy (non-hydrogen) atoms. The molecule has 466 valence electrons. The molecule has 3 N–H and O–H groups in total. The molecule has 0 saturated heterocycles. The molecule has 2 unspecified atom stereocenters. The molecule has 0 aromatic rings. The fourth-order valence-electron chi connectivity index (χ4n) is 11.5. The number of hydrogen-bond donors (Lipinski definition) is 3. The molecular formula is C75H143NO3. The fraction of sp³-hybridized carbons (Fsp3) is 0.880. The van der Waals surface area contributed by atoms with Gasteiger partial charge in [0, 0.05) is 6.42 Å². The van der Waals surface area contributed by atoms with Gasteiger partial charge >= 0.3 is 0 Å². The lowest BCUT2D eigenvalue weighted by Gasteiger charge is -2.19. The first-order valence-electron chi connectivity index (χ1n) is 36.4. The number of allylic oxidation sites excluding steroid dienone is 7. The van der Waals surface area contributed by atoms with E-state index in [9.17, 15) is 15.0 Å². The second kappa shape index (κ2) is 70.6. The van der Waals surface area contributed by atoms with Crippen LogP contribution in [0.3, 0.4) is 0 Å². The average Bonchev–Trinajstić information content (AvgIpc) is 3.45. The standard InChI is InChI=1S/C75H143NO3/c1-3-5-7-9-11-13-15-17-19-21-23-25-27-29-31-33-35-36-37-38-39-40-41-43-45-47-49-51-53-55-57-59-61-63-65-67-69-71-75(79)76-73(72-77)74(78)70-68-66-64-62-60-58-56-54-52-50-48-46-44-42-34-32-30-28-26-24-22-20-18-16-14-12-10-8-6-4-2/h21,23,52,54,60,62,68,70,73-74,77-78H,3-20,22,24-51,53,55-59,61,63-67,69,71-72H2,1-2H3,(H,76,79)/b23-21-,54-52+,62-60+,70-68+. The smallest absolute Gasteiger partial charge is 0.220 e. The van der Waals surface area contributed by atoms with E-state index in [1.54, 1.807) is 6.08 Å². The molecule has 4 heteroatoms. The zero-order chi connectivity index (χ0) is 56.9. The van der Waals surface area contributed by atoms with Crippen LogP contribution in [-0.2, 0) is 4.79 Å². The molecule has 0 spiro atoms. The van der Waals surface area contributed by atoms with Crippen LogP contribution in [0, 0.1) is 0 Å². The maximum absolute atomic E-state index is 12.5. The van der Waals surface area contributed by atoms with Gasteiger partial charge in [-0.1, -0.05) is 377 Å². The molecule has 0 aromatic carbocycles. The van der Waals surface area contributed by atoms with Crippen LogP contribution in [0.25, 0.3) is 0 Å². The predicted molar refractivity (Wildman–Crippen MR) is 355 cm³/mol. The molecule has 0 radical (unpaired) electrons. The van der Waals surface area contributed by atoms with Crippen LogP contribution in [0.2, 0.25) is 0 Å². The van der Waals surface area contributed by atoms with Gasteiger partial charge in [-0.3, -0.25) is 4.79 Å². The van der Waals surface area contributed by atoms with Crippen molar-refractivity contribution in [1.82, 2.24) is 5.32 Å². The second-order valence-electron chi connectivity index (χ2n) is 25.0. The summed E-state index contributed by atoms with van der Waals surface area (Å²) in [5.74, 6) is -0.0701. The highest BCUT2D eigenvalue weighted by Gasteiger charge is 2.18. The summed E-state index contributed by atoms with van der Waals surface area (Å²) in [6.45, 7) is 4.34. The molecule has 0 aliphatic rings. The lowest BCUT2D eigenvalue weighted by atomic mass is 10.0. The summed E-state index contributed by atoms with van der Waals surface area (Å²) >= 11 is 0. The van der Waals surface area contributed by atoms with Crippen LogP contribution in [0.4, 0.5) is 0 Å². The van der Waals surface area contributed by atoms with Crippen LogP contribution >= 0.6 is 0 Å². The van der Waals surface area contributed by atoms with E-state index in [0.29, 0.717) is 6.42 Å². The highest BCUT2D eigenvalue weighted by molar-refractivity contribution is 5.76. The van der Waals surface area contributed by atoms with Crippen LogP contribution in [0.5, 0.6) is 0 Å². The Labute approximate surface area is 496 Å². The Morgan fingerprint density at radius 2 is 0.494 bits per heavy atom. The van der Waals surface area contributed by atoms with Gasteiger partial charge in [-0.05, 0) is 70.6 Å². The maximum atomic E-state index is 12.5. The third-order valence-corrected chi connectivity index (χ3v) is 17.0. The number of unbranched alkanes of at least 4 members (excludes halogenated alkanes) is 55. The Balaban J connectivity index is 3.45. The van der Waals surface area contributed by atoms with E-state index in [1.807, 2.05) is 6.08 Å². The SMILES string of the molecule is CCCCCCCCCC/C=C\CCCCCCCCCCCCCCCCCCCCCCCCCCCC(=O)NC(CO)C(O)/C=C/CC/C=C/CC/C=C/CCCCCCCCCCCCCCCCCCCCCC. The number of carbonyl (C=O) groups excluding carboxylic acids is 1. The summed E-state index contributed by atoms with van der Waals surface area (Å²) in [6, 6.07) is -0.647. The van der Waals surface area contributed by atoms with Crippen molar-refractivity contribution in [3.05, 3.63) is 48.6 Å². The van der Waals surface area contributed by atoms with Gasteiger partial charge in [0.15, 0.2) is 0 Å². The molecule has 0 bridgehead atoms. The van der Waals surface area contributed by atoms with E-state index < -0.39 is 12.1 Å². The van der Waals surface area contributed by atoms with E-state index in [2.05, 4.69) is 55.6 Å². The van der Waals surface area contributed by atoms with Crippen molar-refractivity contribution in [2.75, 3.05) is 6.61 Å². The summed E-state index contributed by atoms with van der Waals surface area (Å²) < 4.78 is 0. The second-order valence-corrected chi connectivity index (χ2v) is 25.0. The van der Waals surface area contributed by atoms with Gasteiger partial charge in [0.25, 0.3) is 0 Å². The largest absolute Gasteiger partial charge is 0.394 e. The van der Waals surface area contributed by atoms with Gasteiger partial charge in [-0.15, -0.1) is 0 Å².